The normalized spacial score (nSPS) is 19.2. The lowest BCUT2D eigenvalue weighted by Crippen LogP contribution is -2.26. The summed E-state index contributed by atoms with van der Waals surface area (Å²) >= 11 is 0. The van der Waals surface area contributed by atoms with Crippen LogP contribution in [-0.4, -0.2) is 4.98 Å². The van der Waals surface area contributed by atoms with Gasteiger partial charge in [-0.2, -0.15) is 0 Å². The van der Waals surface area contributed by atoms with Gasteiger partial charge >= 0.3 is 0 Å². The maximum Gasteiger partial charge on any atom is 0.0458 e. The number of aryl methyl sites for hydroxylation is 1. The maximum atomic E-state index is 3.62. The molecular formula is C18H23N. The van der Waals surface area contributed by atoms with Crippen LogP contribution in [0, 0.1) is 11.3 Å². The Kier molecular flexibility index (Phi) is 3.00. The summed E-state index contributed by atoms with van der Waals surface area (Å²) in [6.07, 6.45) is 3.73. The van der Waals surface area contributed by atoms with Crippen LogP contribution in [0.4, 0.5) is 0 Å². The van der Waals surface area contributed by atoms with Gasteiger partial charge in [0, 0.05) is 11.4 Å². The average Bonchev–Trinajstić information content (AvgIpc) is 2.81. The van der Waals surface area contributed by atoms with Crippen molar-refractivity contribution in [3.8, 4) is 11.3 Å². The Morgan fingerprint density at radius 2 is 1.84 bits per heavy atom. The molecule has 0 saturated heterocycles. The molecule has 100 valence electrons. The van der Waals surface area contributed by atoms with Crippen LogP contribution in [0.3, 0.4) is 0 Å². The lowest BCUT2D eigenvalue weighted by Gasteiger charge is -2.33. The zero-order valence-electron chi connectivity index (χ0n) is 12.2. The number of nitrogens with one attached hydrogen (secondary N) is 1. The van der Waals surface area contributed by atoms with E-state index in [1.54, 1.807) is 0 Å². The Hall–Kier alpha value is -1.50. The molecule has 2 aromatic rings. The third kappa shape index (κ3) is 2.47. The predicted molar refractivity (Wildman–Crippen MR) is 81.2 cm³/mol. The summed E-state index contributed by atoms with van der Waals surface area (Å²) in [6, 6.07) is 13.0. The molecule has 0 radical (unpaired) electrons. The van der Waals surface area contributed by atoms with Crippen molar-refractivity contribution in [1.29, 1.82) is 0 Å². The van der Waals surface area contributed by atoms with E-state index < -0.39 is 0 Å². The van der Waals surface area contributed by atoms with Crippen LogP contribution in [0.25, 0.3) is 11.3 Å². The highest BCUT2D eigenvalue weighted by atomic mass is 14.7. The van der Waals surface area contributed by atoms with Gasteiger partial charge in [0.05, 0.1) is 0 Å². The van der Waals surface area contributed by atoms with Crippen molar-refractivity contribution in [1.82, 2.24) is 4.98 Å². The topological polar surface area (TPSA) is 15.8 Å². The van der Waals surface area contributed by atoms with E-state index in [-0.39, 0.29) is 0 Å². The van der Waals surface area contributed by atoms with Gasteiger partial charge in [-0.05, 0) is 47.8 Å². The Labute approximate surface area is 116 Å². The largest absolute Gasteiger partial charge is 0.358 e. The molecule has 0 bridgehead atoms. The van der Waals surface area contributed by atoms with Crippen LogP contribution in [0.5, 0.6) is 0 Å². The number of aromatic amines is 1. The first-order chi connectivity index (χ1) is 9.04. The number of aromatic nitrogens is 1. The summed E-state index contributed by atoms with van der Waals surface area (Å²) in [5.41, 5.74) is 5.98. The second-order valence-electron chi connectivity index (χ2n) is 6.86. The Bertz CT molecular complexity index is 557. The maximum absolute atomic E-state index is 3.62. The van der Waals surface area contributed by atoms with Gasteiger partial charge < -0.3 is 4.98 Å². The van der Waals surface area contributed by atoms with Crippen LogP contribution < -0.4 is 0 Å². The van der Waals surface area contributed by atoms with Crippen molar-refractivity contribution in [2.45, 2.75) is 40.0 Å². The number of benzene rings is 1. The second kappa shape index (κ2) is 4.56. The summed E-state index contributed by atoms with van der Waals surface area (Å²) in [6.45, 7) is 7.11. The van der Waals surface area contributed by atoms with Gasteiger partial charge in [-0.15, -0.1) is 0 Å². The van der Waals surface area contributed by atoms with Gasteiger partial charge in [-0.3, -0.25) is 0 Å². The number of rotatable bonds is 1. The van der Waals surface area contributed by atoms with E-state index >= 15 is 0 Å². The van der Waals surface area contributed by atoms with Crippen molar-refractivity contribution < 1.29 is 0 Å². The predicted octanol–water partition coefficient (Wildman–Crippen LogP) is 4.83. The van der Waals surface area contributed by atoms with E-state index in [4.69, 9.17) is 0 Å². The van der Waals surface area contributed by atoms with Crippen molar-refractivity contribution in [2.75, 3.05) is 0 Å². The van der Waals surface area contributed by atoms with Crippen LogP contribution in [0.15, 0.2) is 36.4 Å². The zero-order valence-corrected chi connectivity index (χ0v) is 12.2. The van der Waals surface area contributed by atoms with Crippen molar-refractivity contribution >= 4 is 0 Å². The fourth-order valence-corrected chi connectivity index (χ4v) is 3.14. The average molecular weight is 253 g/mol. The molecule has 1 aromatic carbocycles. The van der Waals surface area contributed by atoms with Crippen molar-refractivity contribution in [3.05, 3.63) is 47.7 Å². The summed E-state index contributed by atoms with van der Waals surface area (Å²) in [5.74, 6) is 0.805. The highest BCUT2D eigenvalue weighted by molar-refractivity contribution is 5.61. The van der Waals surface area contributed by atoms with Crippen molar-refractivity contribution in [3.63, 3.8) is 0 Å². The fraction of sp³-hybridized carbons (Fsp3) is 0.444. The summed E-state index contributed by atoms with van der Waals surface area (Å²) in [4.78, 5) is 3.62. The van der Waals surface area contributed by atoms with Gasteiger partial charge in [0.25, 0.3) is 0 Å². The zero-order chi connectivity index (χ0) is 13.5. The number of fused-ring (bicyclic) bond motifs is 1. The SMILES string of the molecule is CC(C)(C)C1CCc2[nH]c(-c3ccccc3)cc2C1. The standard InChI is InChI=1S/C18H23N/c1-18(2,3)15-9-10-16-14(11-15)12-17(19-16)13-7-5-4-6-8-13/h4-8,12,15,19H,9-11H2,1-3H3. The third-order valence-corrected chi connectivity index (χ3v) is 4.51. The number of hydrogen-bond acceptors (Lipinski definition) is 0. The van der Waals surface area contributed by atoms with Crippen LogP contribution in [0.1, 0.15) is 38.4 Å². The molecule has 1 unspecified atom stereocenters. The fourth-order valence-electron chi connectivity index (χ4n) is 3.14. The van der Waals surface area contributed by atoms with E-state index in [1.165, 1.54) is 41.8 Å². The van der Waals surface area contributed by atoms with Gasteiger partial charge in [0.2, 0.25) is 0 Å². The molecular weight excluding hydrogens is 230 g/mol. The van der Waals surface area contributed by atoms with Crippen molar-refractivity contribution in [2.24, 2.45) is 11.3 Å². The van der Waals surface area contributed by atoms with Crippen LogP contribution >= 0.6 is 0 Å². The van der Waals surface area contributed by atoms with E-state index in [1.807, 2.05) is 0 Å². The molecule has 1 atom stereocenters. The van der Waals surface area contributed by atoms with E-state index in [9.17, 15) is 0 Å². The Balaban J connectivity index is 1.89. The summed E-state index contributed by atoms with van der Waals surface area (Å²) < 4.78 is 0. The van der Waals surface area contributed by atoms with E-state index in [0.717, 1.165) is 5.92 Å². The summed E-state index contributed by atoms with van der Waals surface area (Å²) in [7, 11) is 0. The first-order valence-electron chi connectivity index (χ1n) is 7.30. The molecule has 1 N–H and O–H groups in total. The Morgan fingerprint density at radius 1 is 1.11 bits per heavy atom. The lowest BCUT2D eigenvalue weighted by molar-refractivity contribution is 0.215. The molecule has 1 heteroatoms. The van der Waals surface area contributed by atoms with Crippen LogP contribution in [-0.2, 0) is 12.8 Å². The molecule has 3 rings (SSSR count). The lowest BCUT2D eigenvalue weighted by atomic mass is 9.72. The molecule has 0 amide bonds. The van der Waals surface area contributed by atoms with Gasteiger partial charge in [-0.1, -0.05) is 51.1 Å². The first-order valence-corrected chi connectivity index (χ1v) is 7.30. The quantitative estimate of drug-likeness (QED) is 0.749. The first kappa shape index (κ1) is 12.5. The molecule has 1 aromatic heterocycles. The minimum absolute atomic E-state index is 0.419. The van der Waals surface area contributed by atoms with Gasteiger partial charge in [0.15, 0.2) is 0 Å². The molecule has 1 heterocycles. The minimum atomic E-state index is 0.419. The molecule has 0 fully saturated rings. The number of hydrogen-bond donors (Lipinski definition) is 1. The molecule has 19 heavy (non-hydrogen) atoms. The van der Waals surface area contributed by atoms with E-state index in [0.29, 0.717) is 5.41 Å². The molecule has 1 aliphatic carbocycles. The monoisotopic (exact) mass is 253 g/mol. The smallest absolute Gasteiger partial charge is 0.0458 e. The van der Waals surface area contributed by atoms with Gasteiger partial charge in [0.1, 0.15) is 0 Å². The Morgan fingerprint density at radius 3 is 2.53 bits per heavy atom. The highest BCUT2D eigenvalue weighted by Crippen LogP contribution is 2.38. The van der Waals surface area contributed by atoms with Gasteiger partial charge in [-0.25, -0.2) is 0 Å². The second-order valence-corrected chi connectivity index (χ2v) is 6.86. The van der Waals surface area contributed by atoms with E-state index in [2.05, 4.69) is 62.2 Å². The molecule has 0 aliphatic heterocycles. The number of H-pyrrole nitrogens is 1. The minimum Gasteiger partial charge on any atom is -0.358 e. The van der Waals surface area contributed by atoms with Crippen LogP contribution in [0.2, 0.25) is 0 Å². The molecule has 0 spiro atoms. The third-order valence-electron chi connectivity index (χ3n) is 4.51. The molecule has 1 aliphatic rings. The molecule has 1 nitrogen and oxygen atoms in total. The summed E-state index contributed by atoms with van der Waals surface area (Å²) in [5, 5.41) is 0. The molecule has 0 saturated carbocycles. The highest BCUT2D eigenvalue weighted by Gasteiger charge is 2.29.